The SMILES string of the molecule is CNC(=O)c1ccc(N2CCCC2CN)c([N+](=O)[O-])c1. The molecule has 1 aliphatic rings. The first-order chi connectivity index (χ1) is 9.58. The maximum absolute atomic E-state index is 11.6. The molecule has 1 heterocycles. The zero-order chi connectivity index (χ0) is 14.7. The van der Waals surface area contributed by atoms with E-state index in [9.17, 15) is 14.9 Å². The lowest BCUT2D eigenvalue weighted by Crippen LogP contribution is -2.35. The Kier molecular flexibility index (Phi) is 4.19. The van der Waals surface area contributed by atoms with Gasteiger partial charge in [0.1, 0.15) is 5.69 Å². The van der Waals surface area contributed by atoms with Gasteiger partial charge in [-0.3, -0.25) is 14.9 Å². The van der Waals surface area contributed by atoms with Gasteiger partial charge in [0.05, 0.1) is 4.92 Å². The number of rotatable bonds is 4. The zero-order valence-electron chi connectivity index (χ0n) is 11.3. The van der Waals surface area contributed by atoms with E-state index in [1.165, 1.54) is 13.1 Å². The molecule has 0 saturated carbocycles. The number of nitrogens with one attached hydrogen (secondary N) is 1. The number of anilines is 1. The van der Waals surface area contributed by atoms with Crippen molar-refractivity contribution in [3.8, 4) is 0 Å². The summed E-state index contributed by atoms with van der Waals surface area (Å²) in [5.74, 6) is -0.337. The van der Waals surface area contributed by atoms with Crippen LogP contribution in [-0.4, -0.2) is 37.0 Å². The van der Waals surface area contributed by atoms with E-state index in [0.29, 0.717) is 12.2 Å². The van der Waals surface area contributed by atoms with Gasteiger partial charge < -0.3 is 16.0 Å². The van der Waals surface area contributed by atoms with Gasteiger partial charge >= 0.3 is 0 Å². The number of carbonyl (C=O) groups is 1. The second-order valence-electron chi connectivity index (χ2n) is 4.76. The molecule has 108 valence electrons. The fourth-order valence-corrected chi connectivity index (χ4v) is 2.60. The van der Waals surface area contributed by atoms with Crippen LogP contribution < -0.4 is 16.0 Å². The second kappa shape index (κ2) is 5.87. The first-order valence-electron chi connectivity index (χ1n) is 6.55. The molecule has 20 heavy (non-hydrogen) atoms. The van der Waals surface area contributed by atoms with Crippen LogP contribution in [0.25, 0.3) is 0 Å². The Morgan fingerprint density at radius 1 is 1.60 bits per heavy atom. The monoisotopic (exact) mass is 278 g/mol. The molecule has 1 unspecified atom stereocenters. The minimum absolute atomic E-state index is 0.0496. The minimum Gasteiger partial charge on any atom is -0.362 e. The van der Waals surface area contributed by atoms with Crippen molar-refractivity contribution in [1.29, 1.82) is 0 Å². The molecule has 2 rings (SSSR count). The fraction of sp³-hybridized carbons (Fsp3) is 0.462. The number of hydrogen-bond donors (Lipinski definition) is 2. The van der Waals surface area contributed by atoms with Crippen LogP contribution in [0.4, 0.5) is 11.4 Å². The highest BCUT2D eigenvalue weighted by Crippen LogP contribution is 2.34. The summed E-state index contributed by atoms with van der Waals surface area (Å²) >= 11 is 0. The summed E-state index contributed by atoms with van der Waals surface area (Å²) in [4.78, 5) is 24.3. The van der Waals surface area contributed by atoms with Gasteiger partial charge in [-0.15, -0.1) is 0 Å². The molecule has 7 nitrogen and oxygen atoms in total. The van der Waals surface area contributed by atoms with Crippen molar-refractivity contribution in [2.24, 2.45) is 5.73 Å². The molecular formula is C13H18N4O3. The molecule has 7 heteroatoms. The molecule has 1 aliphatic heterocycles. The second-order valence-corrected chi connectivity index (χ2v) is 4.76. The molecule has 1 atom stereocenters. The summed E-state index contributed by atoms with van der Waals surface area (Å²) in [7, 11) is 1.49. The van der Waals surface area contributed by atoms with Crippen molar-refractivity contribution in [3.05, 3.63) is 33.9 Å². The third-order valence-electron chi connectivity index (χ3n) is 3.62. The number of nitro groups is 1. The summed E-state index contributed by atoms with van der Waals surface area (Å²) < 4.78 is 0. The lowest BCUT2D eigenvalue weighted by Gasteiger charge is -2.25. The first-order valence-corrected chi connectivity index (χ1v) is 6.55. The van der Waals surface area contributed by atoms with Crippen LogP contribution in [0.5, 0.6) is 0 Å². The van der Waals surface area contributed by atoms with Crippen molar-refractivity contribution < 1.29 is 9.72 Å². The summed E-state index contributed by atoms with van der Waals surface area (Å²) in [6.07, 6.45) is 1.90. The van der Waals surface area contributed by atoms with E-state index in [4.69, 9.17) is 5.73 Å². The topological polar surface area (TPSA) is 102 Å². The van der Waals surface area contributed by atoms with Gasteiger partial charge in [-0.1, -0.05) is 0 Å². The highest BCUT2D eigenvalue weighted by atomic mass is 16.6. The lowest BCUT2D eigenvalue weighted by atomic mass is 10.1. The molecule has 0 aromatic heterocycles. The van der Waals surface area contributed by atoms with Gasteiger partial charge in [0.15, 0.2) is 0 Å². The summed E-state index contributed by atoms with van der Waals surface area (Å²) in [5.41, 5.74) is 6.48. The van der Waals surface area contributed by atoms with E-state index >= 15 is 0 Å². The van der Waals surface area contributed by atoms with Crippen LogP contribution in [-0.2, 0) is 0 Å². The molecule has 0 bridgehead atoms. The predicted octanol–water partition coefficient (Wildman–Crippen LogP) is 0.882. The normalized spacial score (nSPS) is 18.1. The third kappa shape index (κ3) is 2.57. The molecule has 1 fully saturated rings. The smallest absolute Gasteiger partial charge is 0.293 e. The van der Waals surface area contributed by atoms with Crippen molar-refractivity contribution in [1.82, 2.24) is 5.32 Å². The van der Waals surface area contributed by atoms with E-state index in [2.05, 4.69) is 5.32 Å². The zero-order valence-corrected chi connectivity index (χ0v) is 11.3. The van der Waals surface area contributed by atoms with Crippen LogP contribution in [0.1, 0.15) is 23.2 Å². The Labute approximate surface area is 116 Å². The van der Waals surface area contributed by atoms with Crippen molar-refractivity contribution in [3.63, 3.8) is 0 Å². The van der Waals surface area contributed by atoms with Crippen LogP contribution in [0.15, 0.2) is 18.2 Å². The van der Waals surface area contributed by atoms with E-state index in [1.54, 1.807) is 12.1 Å². The van der Waals surface area contributed by atoms with E-state index < -0.39 is 4.92 Å². The molecule has 0 aliphatic carbocycles. The van der Waals surface area contributed by atoms with Gasteiger partial charge in [-0.05, 0) is 25.0 Å². The quantitative estimate of drug-likeness (QED) is 0.629. The molecular weight excluding hydrogens is 260 g/mol. The molecule has 1 aromatic rings. The predicted molar refractivity (Wildman–Crippen MR) is 75.9 cm³/mol. The van der Waals surface area contributed by atoms with Gasteiger partial charge in [0.2, 0.25) is 0 Å². The number of carbonyl (C=O) groups excluding carboxylic acids is 1. The summed E-state index contributed by atoms with van der Waals surface area (Å²) in [5, 5.41) is 13.7. The minimum atomic E-state index is -0.451. The number of hydrogen-bond acceptors (Lipinski definition) is 5. The number of nitrogens with zero attached hydrogens (tertiary/aromatic N) is 2. The van der Waals surface area contributed by atoms with Crippen molar-refractivity contribution >= 4 is 17.3 Å². The van der Waals surface area contributed by atoms with E-state index in [0.717, 1.165) is 19.4 Å². The van der Waals surface area contributed by atoms with Gasteiger partial charge in [0.25, 0.3) is 11.6 Å². The van der Waals surface area contributed by atoms with E-state index in [-0.39, 0.29) is 23.2 Å². The molecule has 1 amide bonds. The average Bonchev–Trinajstić information content (AvgIpc) is 2.93. The maximum atomic E-state index is 11.6. The largest absolute Gasteiger partial charge is 0.362 e. The average molecular weight is 278 g/mol. The molecule has 3 N–H and O–H groups in total. The molecule has 1 saturated heterocycles. The Balaban J connectivity index is 2.42. The van der Waals surface area contributed by atoms with Crippen molar-refractivity contribution in [2.75, 3.05) is 25.0 Å². The molecule has 0 radical (unpaired) electrons. The third-order valence-corrected chi connectivity index (χ3v) is 3.62. The van der Waals surface area contributed by atoms with Crippen LogP contribution in [0.2, 0.25) is 0 Å². The number of amides is 1. The fourth-order valence-electron chi connectivity index (χ4n) is 2.60. The number of nitrogens with two attached hydrogens (primary N) is 1. The maximum Gasteiger partial charge on any atom is 0.293 e. The highest BCUT2D eigenvalue weighted by molar-refractivity contribution is 5.95. The van der Waals surface area contributed by atoms with Gasteiger partial charge in [-0.25, -0.2) is 0 Å². The van der Waals surface area contributed by atoms with E-state index in [1.807, 2.05) is 4.90 Å². The first kappa shape index (κ1) is 14.3. The summed E-state index contributed by atoms with van der Waals surface area (Å²) in [6, 6.07) is 4.68. The van der Waals surface area contributed by atoms with Crippen LogP contribution >= 0.6 is 0 Å². The van der Waals surface area contributed by atoms with Gasteiger partial charge in [0, 0.05) is 37.8 Å². The lowest BCUT2D eigenvalue weighted by molar-refractivity contribution is -0.384. The Bertz CT molecular complexity index is 532. The van der Waals surface area contributed by atoms with Crippen molar-refractivity contribution in [2.45, 2.75) is 18.9 Å². The van der Waals surface area contributed by atoms with Crippen LogP contribution in [0, 0.1) is 10.1 Å². The van der Waals surface area contributed by atoms with Crippen LogP contribution in [0.3, 0.4) is 0 Å². The Morgan fingerprint density at radius 2 is 2.35 bits per heavy atom. The Morgan fingerprint density at radius 3 is 2.95 bits per heavy atom. The standard InChI is InChI=1S/C13H18N4O3/c1-15-13(18)9-4-5-11(12(7-9)17(19)20)16-6-2-3-10(16)8-14/h4-5,7,10H,2-3,6,8,14H2,1H3,(H,15,18). The highest BCUT2D eigenvalue weighted by Gasteiger charge is 2.29. The molecule has 1 aromatic carbocycles. The van der Waals surface area contributed by atoms with Gasteiger partial charge in [-0.2, -0.15) is 0 Å². The summed E-state index contributed by atoms with van der Waals surface area (Å²) in [6.45, 7) is 1.22. The Hall–Kier alpha value is -2.15. The number of benzene rings is 1. The molecule has 0 spiro atoms. The number of nitro benzene ring substituents is 1.